The fourth-order valence-corrected chi connectivity index (χ4v) is 3.70. The van der Waals surface area contributed by atoms with Gasteiger partial charge in [0.05, 0.1) is 38.2 Å². The highest BCUT2D eigenvalue weighted by atomic mass is 16.5. The summed E-state index contributed by atoms with van der Waals surface area (Å²) >= 11 is 0. The molecule has 0 atom stereocenters. The molecule has 0 fully saturated rings. The maximum absolute atomic E-state index is 13.2. The molecule has 0 radical (unpaired) electrons. The Morgan fingerprint density at radius 1 is 0.941 bits per heavy atom. The van der Waals surface area contributed by atoms with Crippen molar-refractivity contribution < 1.29 is 19.1 Å². The maximum Gasteiger partial charge on any atom is 0.227 e. The van der Waals surface area contributed by atoms with Gasteiger partial charge in [0.15, 0.2) is 0 Å². The molecule has 2 aromatic carbocycles. The molecule has 0 saturated heterocycles. The van der Waals surface area contributed by atoms with Crippen LogP contribution in [0, 0.1) is 11.8 Å². The van der Waals surface area contributed by atoms with Crippen molar-refractivity contribution in [3.63, 3.8) is 0 Å². The zero-order chi connectivity index (χ0) is 24.2. The summed E-state index contributed by atoms with van der Waals surface area (Å²) in [5, 5.41) is 2.86. The zero-order valence-electron chi connectivity index (χ0n) is 20.1. The van der Waals surface area contributed by atoms with E-state index >= 15 is 0 Å². The Kier molecular flexibility index (Phi) is 10.1. The first-order chi connectivity index (χ1) is 16.5. The van der Waals surface area contributed by atoms with Crippen molar-refractivity contribution >= 4 is 17.5 Å². The first-order valence-electron chi connectivity index (χ1n) is 12.0. The molecule has 6 heteroatoms. The molecular formula is C28H34N2O4. The lowest BCUT2D eigenvalue weighted by Gasteiger charge is -2.26. The molecular weight excluding hydrogens is 428 g/mol. The Morgan fingerprint density at radius 2 is 1.65 bits per heavy atom. The molecule has 0 aromatic heterocycles. The second-order valence-corrected chi connectivity index (χ2v) is 8.49. The number of hydrogen-bond donors (Lipinski definition) is 1. The van der Waals surface area contributed by atoms with Crippen molar-refractivity contribution in [2.45, 2.75) is 52.2 Å². The van der Waals surface area contributed by atoms with E-state index in [-0.39, 0.29) is 17.9 Å². The lowest BCUT2D eigenvalue weighted by Crippen LogP contribution is -2.31. The summed E-state index contributed by atoms with van der Waals surface area (Å²) < 4.78 is 10.8. The third-order valence-electron chi connectivity index (χ3n) is 5.47. The van der Waals surface area contributed by atoms with E-state index in [2.05, 4.69) is 17.2 Å². The van der Waals surface area contributed by atoms with Gasteiger partial charge in [0.2, 0.25) is 11.8 Å². The number of rotatable bonds is 12. The van der Waals surface area contributed by atoms with Gasteiger partial charge in [-0.3, -0.25) is 9.59 Å². The van der Waals surface area contributed by atoms with Crippen molar-refractivity contribution in [1.82, 2.24) is 5.32 Å². The molecule has 0 spiro atoms. The van der Waals surface area contributed by atoms with Crippen LogP contribution >= 0.6 is 0 Å². The average molecular weight is 463 g/mol. The normalized spacial score (nSPS) is 12.1. The van der Waals surface area contributed by atoms with Gasteiger partial charge in [-0.25, -0.2) is 0 Å². The van der Waals surface area contributed by atoms with Gasteiger partial charge in [0.1, 0.15) is 0 Å². The van der Waals surface area contributed by atoms with Gasteiger partial charge in [-0.1, -0.05) is 42.2 Å². The number of nitrogens with one attached hydrogen (secondary N) is 1. The van der Waals surface area contributed by atoms with Crippen molar-refractivity contribution in [2.75, 3.05) is 31.3 Å². The highest BCUT2D eigenvalue weighted by Crippen LogP contribution is 2.26. The highest BCUT2D eigenvalue weighted by Gasteiger charge is 2.20. The number of benzene rings is 2. The van der Waals surface area contributed by atoms with E-state index in [0.717, 1.165) is 22.4 Å². The molecule has 1 aliphatic rings. The Morgan fingerprint density at radius 3 is 2.47 bits per heavy atom. The number of hydrogen-bond acceptors (Lipinski definition) is 4. The van der Waals surface area contributed by atoms with Crippen LogP contribution in [0.5, 0.6) is 0 Å². The molecule has 1 aliphatic heterocycles. The number of unbranched alkanes of at least 4 members (excludes halogenated alkanes) is 1. The molecule has 0 unspecified atom stereocenters. The van der Waals surface area contributed by atoms with E-state index in [9.17, 15) is 9.59 Å². The number of fused-ring (bicyclic) bond motifs is 2. The number of nitrogens with zero attached hydrogens (tertiary/aromatic N) is 1. The van der Waals surface area contributed by atoms with Gasteiger partial charge >= 0.3 is 0 Å². The second-order valence-electron chi connectivity index (χ2n) is 8.49. The van der Waals surface area contributed by atoms with Crippen LogP contribution < -0.4 is 10.2 Å². The molecule has 180 valence electrons. The van der Waals surface area contributed by atoms with Crippen molar-refractivity contribution in [3.8, 4) is 11.8 Å². The summed E-state index contributed by atoms with van der Waals surface area (Å²) in [5.74, 6) is 6.47. The predicted octanol–water partition coefficient (Wildman–Crippen LogP) is 4.05. The van der Waals surface area contributed by atoms with E-state index in [1.165, 1.54) is 0 Å². The summed E-state index contributed by atoms with van der Waals surface area (Å²) in [6, 6.07) is 15.7. The average Bonchev–Trinajstić information content (AvgIpc) is 2.82. The van der Waals surface area contributed by atoms with Crippen molar-refractivity contribution in [3.05, 3.63) is 65.2 Å². The smallest absolute Gasteiger partial charge is 0.227 e. The fourth-order valence-electron chi connectivity index (χ4n) is 3.70. The summed E-state index contributed by atoms with van der Waals surface area (Å²) in [5.41, 5.74) is 3.67. The van der Waals surface area contributed by atoms with Crippen molar-refractivity contribution in [1.29, 1.82) is 0 Å². The van der Waals surface area contributed by atoms with E-state index in [1.54, 1.807) is 0 Å². The lowest BCUT2D eigenvalue weighted by atomic mass is 10.0. The quantitative estimate of drug-likeness (QED) is 0.382. The summed E-state index contributed by atoms with van der Waals surface area (Å²) in [7, 11) is 0. The molecule has 34 heavy (non-hydrogen) atoms. The Balaban J connectivity index is 1.43. The van der Waals surface area contributed by atoms with Gasteiger partial charge in [0, 0.05) is 30.5 Å². The number of carbonyl (C=O) groups is 2. The molecule has 1 heterocycles. The van der Waals surface area contributed by atoms with Crippen LogP contribution in [0.1, 0.15) is 56.2 Å². The summed E-state index contributed by atoms with van der Waals surface area (Å²) in [4.78, 5) is 27.0. The maximum atomic E-state index is 13.2. The fraction of sp³-hybridized carbons (Fsp3) is 0.429. The lowest BCUT2D eigenvalue weighted by molar-refractivity contribution is -0.122. The topological polar surface area (TPSA) is 67.9 Å². The summed E-state index contributed by atoms with van der Waals surface area (Å²) in [6.45, 7) is 6.47. The van der Waals surface area contributed by atoms with Crippen LogP contribution in [-0.4, -0.2) is 44.3 Å². The number of anilines is 1. The van der Waals surface area contributed by atoms with Crippen LogP contribution in [0.4, 0.5) is 5.69 Å². The Labute approximate surface area is 202 Å². The number of carbonyl (C=O) groups excluding carboxylic acids is 2. The molecule has 0 aliphatic carbocycles. The van der Waals surface area contributed by atoms with E-state index in [4.69, 9.17) is 9.47 Å². The van der Waals surface area contributed by atoms with E-state index in [0.29, 0.717) is 58.6 Å². The van der Waals surface area contributed by atoms with Gasteiger partial charge in [-0.2, -0.15) is 0 Å². The van der Waals surface area contributed by atoms with Gasteiger partial charge < -0.3 is 19.7 Å². The minimum absolute atomic E-state index is 0.0183. The zero-order valence-corrected chi connectivity index (χ0v) is 20.1. The SMILES string of the molecule is CC(C)OCCOCCNC(=O)CCCCC(=O)N1Cc2ccccc2C#Cc2ccccc21. The molecule has 6 nitrogen and oxygen atoms in total. The van der Waals surface area contributed by atoms with Crippen LogP contribution in [0.3, 0.4) is 0 Å². The molecule has 3 rings (SSSR count). The van der Waals surface area contributed by atoms with Crippen LogP contribution in [-0.2, 0) is 25.6 Å². The Hall–Kier alpha value is -3.14. The predicted molar refractivity (Wildman–Crippen MR) is 133 cm³/mol. The van der Waals surface area contributed by atoms with Crippen molar-refractivity contribution in [2.24, 2.45) is 0 Å². The molecule has 0 saturated carbocycles. The second kappa shape index (κ2) is 13.5. The summed E-state index contributed by atoms with van der Waals surface area (Å²) in [6.07, 6.45) is 2.29. The van der Waals surface area contributed by atoms with Crippen LogP contribution in [0.2, 0.25) is 0 Å². The monoisotopic (exact) mass is 462 g/mol. The third-order valence-corrected chi connectivity index (χ3v) is 5.47. The largest absolute Gasteiger partial charge is 0.377 e. The van der Waals surface area contributed by atoms with Gasteiger partial charge in [-0.15, -0.1) is 0 Å². The standard InChI is InChI=1S/C28H34N2O4/c1-22(2)34-20-19-33-18-17-29-27(31)13-7-8-14-28(32)30-21-25-11-4-3-9-23(25)15-16-24-10-5-6-12-26(24)30/h3-6,9-12,22H,7-8,13-14,17-21H2,1-2H3,(H,29,31). The number of para-hydroxylation sites is 1. The van der Waals surface area contributed by atoms with Gasteiger partial charge in [-0.05, 0) is 50.5 Å². The third kappa shape index (κ3) is 8.02. The minimum Gasteiger partial charge on any atom is -0.377 e. The highest BCUT2D eigenvalue weighted by molar-refractivity contribution is 5.95. The first kappa shape index (κ1) is 25.5. The minimum atomic E-state index is -0.0183. The van der Waals surface area contributed by atoms with Crippen LogP contribution in [0.25, 0.3) is 0 Å². The van der Waals surface area contributed by atoms with E-state index in [1.807, 2.05) is 67.3 Å². The molecule has 1 N–H and O–H groups in total. The van der Waals surface area contributed by atoms with Crippen LogP contribution in [0.15, 0.2) is 48.5 Å². The first-order valence-corrected chi connectivity index (χ1v) is 12.0. The van der Waals surface area contributed by atoms with Gasteiger partial charge in [0.25, 0.3) is 0 Å². The number of amides is 2. The Bertz CT molecular complexity index is 1020. The molecule has 2 amide bonds. The molecule has 2 aromatic rings. The van der Waals surface area contributed by atoms with E-state index < -0.39 is 0 Å². The molecule has 0 bridgehead atoms. The number of ether oxygens (including phenoxy) is 2.